The van der Waals surface area contributed by atoms with Crippen molar-refractivity contribution in [1.29, 1.82) is 0 Å². The highest BCUT2D eigenvalue weighted by Crippen LogP contribution is 2.25. The second kappa shape index (κ2) is 6.01. The SMILES string of the molecule is COc1ccc(C=O)cc1CN1CCCC[C@@H]1C. The van der Waals surface area contributed by atoms with Crippen molar-refractivity contribution >= 4 is 6.29 Å². The molecule has 2 rings (SSSR count). The van der Waals surface area contributed by atoms with Crippen molar-refractivity contribution in [3.63, 3.8) is 0 Å². The lowest BCUT2D eigenvalue weighted by Crippen LogP contribution is -2.36. The molecule has 0 amide bonds. The third kappa shape index (κ3) is 2.91. The summed E-state index contributed by atoms with van der Waals surface area (Å²) in [6.07, 6.45) is 4.74. The predicted molar refractivity (Wildman–Crippen MR) is 72.1 cm³/mol. The molecule has 1 atom stereocenters. The van der Waals surface area contributed by atoms with Gasteiger partial charge in [-0.15, -0.1) is 0 Å². The first-order valence-corrected chi connectivity index (χ1v) is 6.60. The van der Waals surface area contributed by atoms with Crippen LogP contribution in [0.3, 0.4) is 0 Å². The Bertz CT molecular complexity index is 417. The lowest BCUT2D eigenvalue weighted by Gasteiger charge is -2.33. The number of rotatable bonds is 4. The van der Waals surface area contributed by atoms with Gasteiger partial charge in [0.05, 0.1) is 7.11 Å². The van der Waals surface area contributed by atoms with Crippen LogP contribution < -0.4 is 4.74 Å². The van der Waals surface area contributed by atoms with Gasteiger partial charge in [-0.25, -0.2) is 0 Å². The highest BCUT2D eigenvalue weighted by Gasteiger charge is 2.19. The van der Waals surface area contributed by atoms with E-state index in [0.717, 1.165) is 36.3 Å². The number of hydrogen-bond acceptors (Lipinski definition) is 3. The Balaban J connectivity index is 2.17. The molecule has 0 saturated carbocycles. The van der Waals surface area contributed by atoms with Gasteiger partial charge in [0.2, 0.25) is 0 Å². The predicted octanol–water partition coefficient (Wildman–Crippen LogP) is 2.88. The van der Waals surface area contributed by atoms with E-state index in [1.54, 1.807) is 13.2 Å². The quantitative estimate of drug-likeness (QED) is 0.766. The fourth-order valence-electron chi connectivity index (χ4n) is 2.61. The van der Waals surface area contributed by atoms with Gasteiger partial charge in [0.1, 0.15) is 12.0 Å². The highest BCUT2D eigenvalue weighted by atomic mass is 16.5. The molecule has 1 heterocycles. The first kappa shape index (κ1) is 13.1. The fraction of sp³-hybridized carbons (Fsp3) is 0.533. The number of hydrogen-bond donors (Lipinski definition) is 0. The normalized spacial score (nSPS) is 20.7. The summed E-state index contributed by atoms with van der Waals surface area (Å²) in [5.74, 6) is 0.873. The van der Waals surface area contributed by atoms with Gasteiger partial charge < -0.3 is 4.74 Å². The zero-order valence-corrected chi connectivity index (χ0v) is 11.2. The number of nitrogens with zero attached hydrogens (tertiary/aromatic N) is 1. The summed E-state index contributed by atoms with van der Waals surface area (Å²) in [6.45, 7) is 4.27. The van der Waals surface area contributed by atoms with Crippen molar-refractivity contribution in [1.82, 2.24) is 4.90 Å². The summed E-state index contributed by atoms with van der Waals surface area (Å²) in [6, 6.07) is 6.24. The van der Waals surface area contributed by atoms with Gasteiger partial charge in [0.15, 0.2) is 0 Å². The molecule has 1 aliphatic rings. The number of ether oxygens (including phenoxy) is 1. The van der Waals surface area contributed by atoms with Gasteiger partial charge in [-0.1, -0.05) is 6.42 Å². The molecule has 1 fully saturated rings. The average Bonchev–Trinajstić information content (AvgIpc) is 2.41. The first-order valence-electron chi connectivity index (χ1n) is 6.60. The minimum Gasteiger partial charge on any atom is -0.496 e. The molecule has 98 valence electrons. The summed E-state index contributed by atoms with van der Waals surface area (Å²) in [7, 11) is 1.68. The Morgan fingerprint density at radius 2 is 2.28 bits per heavy atom. The van der Waals surface area contributed by atoms with E-state index in [9.17, 15) is 4.79 Å². The van der Waals surface area contributed by atoms with E-state index in [0.29, 0.717) is 6.04 Å². The minimum atomic E-state index is 0.614. The van der Waals surface area contributed by atoms with Gasteiger partial charge in [-0.05, 0) is 44.5 Å². The Morgan fingerprint density at radius 3 is 2.94 bits per heavy atom. The van der Waals surface area contributed by atoms with Crippen molar-refractivity contribution < 1.29 is 9.53 Å². The monoisotopic (exact) mass is 247 g/mol. The van der Waals surface area contributed by atoms with Crippen LogP contribution in [0.5, 0.6) is 5.75 Å². The number of methoxy groups -OCH3 is 1. The lowest BCUT2D eigenvalue weighted by atomic mass is 10.0. The Hall–Kier alpha value is -1.35. The topological polar surface area (TPSA) is 29.5 Å². The summed E-state index contributed by atoms with van der Waals surface area (Å²) in [5.41, 5.74) is 1.83. The van der Waals surface area contributed by atoms with E-state index in [-0.39, 0.29) is 0 Å². The third-order valence-corrected chi connectivity index (χ3v) is 3.75. The van der Waals surface area contributed by atoms with Crippen LogP contribution in [0, 0.1) is 0 Å². The van der Waals surface area contributed by atoms with Crippen LogP contribution in [-0.4, -0.2) is 30.9 Å². The van der Waals surface area contributed by atoms with Crippen molar-refractivity contribution in [2.45, 2.75) is 38.8 Å². The van der Waals surface area contributed by atoms with Crippen LogP contribution in [0.15, 0.2) is 18.2 Å². The molecule has 18 heavy (non-hydrogen) atoms. The molecular formula is C15H21NO2. The summed E-state index contributed by atoms with van der Waals surface area (Å²) in [5, 5.41) is 0. The maximum atomic E-state index is 10.9. The van der Waals surface area contributed by atoms with Gasteiger partial charge in [0, 0.05) is 23.7 Å². The lowest BCUT2D eigenvalue weighted by molar-refractivity contribution is 0.112. The molecule has 0 bridgehead atoms. The molecule has 0 unspecified atom stereocenters. The third-order valence-electron chi connectivity index (χ3n) is 3.75. The largest absolute Gasteiger partial charge is 0.496 e. The molecule has 0 N–H and O–H groups in total. The number of carbonyl (C=O) groups excluding carboxylic acids is 1. The number of benzene rings is 1. The summed E-state index contributed by atoms with van der Waals surface area (Å²) in [4.78, 5) is 13.3. The van der Waals surface area contributed by atoms with Crippen LogP contribution in [-0.2, 0) is 6.54 Å². The molecule has 0 aliphatic carbocycles. The van der Waals surface area contributed by atoms with E-state index in [1.807, 2.05) is 12.1 Å². The smallest absolute Gasteiger partial charge is 0.150 e. The van der Waals surface area contributed by atoms with Gasteiger partial charge in [-0.3, -0.25) is 9.69 Å². The second-order valence-corrected chi connectivity index (χ2v) is 5.00. The second-order valence-electron chi connectivity index (χ2n) is 5.00. The highest BCUT2D eigenvalue weighted by molar-refractivity contribution is 5.75. The molecule has 3 nitrogen and oxygen atoms in total. The Morgan fingerprint density at radius 1 is 1.44 bits per heavy atom. The zero-order valence-electron chi connectivity index (χ0n) is 11.2. The minimum absolute atomic E-state index is 0.614. The van der Waals surface area contributed by atoms with E-state index < -0.39 is 0 Å². The molecule has 1 aromatic rings. The maximum Gasteiger partial charge on any atom is 0.150 e. The molecule has 1 saturated heterocycles. The molecule has 1 aromatic carbocycles. The van der Waals surface area contributed by atoms with Crippen LogP contribution >= 0.6 is 0 Å². The maximum absolute atomic E-state index is 10.9. The Labute approximate surface area is 109 Å². The molecule has 1 aliphatic heterocycles. The van der Waals surface area contributed by atoms with Crippen molar-refractivity contribution in [2.24, 2.45) is 0 Å². The van der Waals surface area contributed by atoms with Crippen molar-refractivity contribution in [3.8, 4) is 5.75 Å². The van der Waals surface area contributed by atoms with Crippen LogP contribution in [0.1, 0.15) is 42.1 Å². The van der Waals surface area contributed by atoms with Gasteiger partial charge in [0.25, 0.3) is 0 Å². The molecule has 0 spiro atoms. The number of carbonyl (C=O) groups is 1. The van der Waals surface area contributed by atoms with E-state index in [2.05, 4.69) is 11.8 Å². The Kier molecular flexibility index (Phi) is 4.37. The summed E-state index contributed by atoms with van der Waals surface area (Å²) >= 11 is 0. The standard InChI is InChI=1S/C15H21NO2/c1-12-5-3-4-8-16(12)10-14-9-13(11-17)6-7-15(14)18-2/h6-7,9,11-12H,3-5,8,10H2,1-2H3/t12-/m0/s1. The molecule has 0 radical (unpaired) electrons. The summed E-state index contributed by atoms with van der Waals surface area (Å²) < 4.78 is 5.38. The average molecular weight is 247 g/mol. The molecule has 3 heteroatoms. The van der Waals surface area contributed by atoms with Crippen LogP contribution in [0.4, 0.5) is 0 Å². The number of piperidine rings is 1. The van der Waals surface area contributed by atoms with Gasteiger partial charge >= 0.3 is 0 Å². The number of aldehydes is 1. The van der Waals surface area contributed by atoms with E-state index >= 15 is 0 Å². The zero-order chi connectivity index (χ0) is 13.0. The van der Waals surface area contributed by atoms with Crippen molar-refractivity contribution in [2.75, 3.05) is 13.7 Å². The first-order chi connectivity index (χ1) is 8.74. The molecular weight excluding hydrogens is 226 g/mol. The molecule has 0 aromatic heterocycles. The van der Waals surface area contributed by atoms with E-state index in [1.165, 1.54) is 19.3 Å². The van der Waals surface area contributed by atoms with Crippen LogP contribution in [0.25, 0.3) is 0 Å². The van der Waals surface area contributed by atoms with Crippen molar-refractivity contribution in [3.05, 3.63) is 29.3 Å². The van der Waals surface area contributed by atoms with Crippen LogP contribution in [0.2, 0.25) is 0 Å². The number of likely N-dealkylation sites (tertiary alicyclic amines) is 1. The van der Waals surface area contributed by atoms with Gasteiger partial charge in [-0.2, -0.15) is 0 Å². The van der Waals surface area contributed by atoms with E-state index in [4.69, 9.17) is 4.74 Å². The fourth-order valence-corrected chi connectivity index (χ4v) is 2.61.